The van der Waals surface area contributed by atoms with Crippen LogP contribution in [-0.2, 0) is 22.6 Å². The first-order valence-electron chi connectivity index (χ1n) is 19.4. The number of nitrogens with zero attached hydrogens (tertiary/aromatic N) is 1. The van der Waals surface area contributed by atoms with E-state index in [1.165, 1.54) is 83.5 Å². The minimum atomic E-state index is -1.58. The molecule has 270 valence electrons. The maximum absolute atomic E-state index is 12.3. The molecule has 0 bridgehead atoms. The van der Waals surface area contributed by atoms with E-state index in [0.29, 0.717) is 48.6 Å². The quantitative estimate of drug-likeness (QED) is 0.0508. The number of hydrogen-bond acceptors (Lipinski definition) is 3. The standard InChI is InChI=1S/C41H67N2O4P/c1-43(2,3)35-41(45)48(46)34-24-17-15-13-11-9-7-5-4-6-8-10-12-14-16-19-25-37-29-31-39(32-30-37)42-40(44)28-22-23-33-47-36-38-26-20-18-21-27-38/h18,20-21,26-27,29-32H,4-17,19,22-25,28,33-36H2,1-3H3,(H-,42,44,45)/p+1/i29D. The zero-order valence-electron chi connectivity index (χ0n) is 31.7. The van der Waals surface area contributed by atoms with E-state index in [0.717, 1.165) is 49.7 Å². The topological polar surface area (TPSA) is 81.6 Å². The van der Waals surface area contributed by atoms with E-state index in [9.17, 15) is 14.8 Å². The van der Waals surface area contributed by atoms with E-state index in [2.05, 4.69) is 17.4 Å². The first kappa shape index (κ1) is 40.4. The first-order chi connectivity index (χ1) is 23.6. The fourth-order valence-corrected chi connectivity index (χ4v) is 7.20. The zero-order valence-corrected chi connectivity index (χ0v) is 31.6. The van der Waals surface area contributed by atoms with Crippen molar-refractivity contribution in [3.8, 4) is 0 Å². The highest BCUT2D eigenvalue weighted by molar-refractivity contribution is 7.51. The molecular weight excluding hydrogens is 615 g/mol. The third-order valence-corrected chi connectivity index (χ3v) is 10.1. The zero-order chi connectivity index (χ0) is 35.6. The van der Waals surface area contributed by atoms with Gasteiger partial charge >= 0.3 is 0 Å². The van der Waals surface area contributed by atoms with E-state index in [1.54, 1.807) is 6.07 Å². The molecule has 6 nitrogen and oxygen atoms in total. The minimum absolute atomic E-state index is 0.00534. The normalized spacial score (nSPS) is 12.6. The van der Waals surface area contributed by atoms with Crippen LogP contribution < -0.4 is 10.2 Å². The summed E-state index contributed by atoms with van der Waals surface area (Å²) in [6.07, 6.45) is 23.8. The average Bonchev–Trinajstić information content (AvgIpc) is 3.06. The maximum atomic E-state index is 12.3. The second kappa shape index (κ2) is 26.7. The van der Waals surface area contributed by atoms with E-state index in [1.807, 2.05) is 51.5 Å². The number of aryl methyl sites for hydroxylation is 1. The van der Waals surface area contributed by atoms with Gasteiger partial charge < -0.3 is 24.5 Å². The van der Waals surface area contributed by atoms with Crippen LogP contribution in [0.1, 0.15) is 134 Å². The molecule has 2 aromatic rings. The number of aliphatic hydroxyl groups excluding tert-OH is 1. The van der Waals surface area contributed by atoms with Crippen LogP contribution in [0.15, 0.2) is 54.6 Å². The number of nitrogens with one attached hydrogen (secondary N) is 1. The van der Waals surface area contributed by atoms with Crippen molar-refractivity contribution in [2.24, 2.45) is 0 Å². The number of aliphatic hydroxyl groups is 1. The van der Waals surface area contributed by atoms with Gasteiger partial charge in [-0.2, -0.15) is 0 Å². The van der Waals surface area contributed by atoms with Gasteiger partial charge in [-0.1, -0.05) is 126 Å². The number of carbonyl (C=O) groups excluding carboxylic acids is 1. The van der Waals surface area contributed by atoms with Crippen molar-refractivity contribution in [2.45, 2.75) is 135 Å². The molecule has 48 heavy (non-hydrogen) atoms. The molecule has 1 unspecified atom stereocenters. The molecule has 1 atom stereocenters. The Bertz CT molecular complexity index is 1190. The molecule has 0 aliphatic heterocycles. The Balaban J connectivity index is 1.36. The number of rotatable bonds is 29. The highest BCUT2D eigenvalue weighted by Gasteiger charge is 2.16. The molecule has 0 saturated carbocycles. The summed E-state index contributed by atoms with van der Waals surface area (Å²) < 4.78 is 14.7. The van der Waals surface area contributed by atoms with E-state index < -0.39 is 7.77 Å². The van der Waals surface area contributed by atoms with Crippen molar-refractivity contribution >= 4 is 24.8 Å². The van der Waals surface area contributed by atoms with Gasteiger partial charge in [-0.3, -0.25) is 4.79 Å². The van der Waals surface area contributed by atoms with Gasteiger partial charge in [-0.15, -0.1) is 0 Å². The lowest BCUT2D eigenvalue weighted by atomic mass is 10.0. The second-order valence-electron chi connectivity index (χ2n) is 14.5. The fraction of sp³-hybridized carbons (Fsp3) is 0.659. The number of likely N-dealkylation sites (N-methyl/N-ethyl adjacent to an activating group) is 1. The van der Waals surface area contributed by atoms with Crippen molar-refractivity contribution in [3.05, 3.63) is 65.7 Å². The molecule has 1 amide bonds. The van der Waals surface area contributed by atoms with Gasteiger partial charge in [0.25, 0.3) is 5.48 Å². The first-order valence-corrected chi connectivity index (χ1v) is 20.4. The Morgan fingerprint density at radius 2 is 1.31 bits per heavy atom. The summed E-state index contributed by atoms with van der Waals surface area (Å²) >= 11 is 0. The van der Waals surface area contributed by atoms with Crippen molar-refractivity contribution in [1.29, 1.82) is 0 Å². The lowest BCUT2D eigenvalue weighted by Gasteiger charge is -2.22. The van der Waals surface area contributed by atoms with Gasteiger partial charge in [0.2, 0.25) is 5.91 Å². The molecule has 7 heteroatoms. The second-order valence-corrected chi connectivity index (χ2v) is 16.2. The summed E-state index contributed by atoms with van der Waals surface area (Å²) in [5, 5.41) is 12.9. The smallest absolute Gasteiger partial charge is 0.273 e. The Kier molecular flexibility index (Phi) is 22.5. The summed E-state index contributed by atoms with van der Waals surface area (Å²) in [4.78, 5) is 24.5. The molecule has 2 rings (SSSR count). The fourth-order valence-electron chi connectivity index (χ4n) is 5.85. The highest BCUT2D eigenvalue weighted by Crippen LogP contribution is 2.19. The van der Waals surface area contributed by atoms with Gasteiger partial charge in [0.1, 0.15) is 6.16 Å². The van der Waals surface area contributed by atoms with Gasteiger partial charge in [-0.25, -0.2) is 0 Å². The number of benzene rings is 2. The van der Waals surface area contributed by atoms with Crippen LogP contribution in [0.3, 0.4) is 0 Å². The summed E-state index contributed by atoms with van der Waals surface area (Å²) in [7, 11) is 4.42. The van der Waals surface area contributed by atoms with Crippen molar-refractivity contribution in [2.75, 3.05) is 45.8 Å². The van der Waals surface area contributed by atoms with Crippen LogP contribution in [0, 0.1) is 0 Å². The average molecular weight is 685 g/mol. The van der Waals surface area contributed by atoms with E-state index in [-0.39, 0.29) is 11.4 Å². The molecular formula is C41H68N2O4P+. The number of carbonyl (C=O) groups is 1. The molecule has 0 aromatic heterocycles. The number of hydrogen-bond donors (Lipinski definition) is 2. The van der Waals surface area contributed by atoms with Crippen LogP contribution in [0.25, 0.3) is 0 Å². The Morgan fingerprint density at radius 3 is 1.88 bits per heavy atom. The minimum Gasteiger partial charge on any atom is -0.629 e. The number of anilines is 1. The van der Waals surface area contributed by atoms with Crippen LogP contribution in [-0.4, -0.2) is 61.4 Å². The van der Waals surface area contributed by atoms with Gasteiger partial charge in [0, 0.05) is 18.7 Å². The molecule has 2 N–H and O–H groups in total. The highest BCUT2D eigenvalue weighted by atomic mass is 31.1. The Morgan fingerprint density at radius 1 is 0.750 bits per heavy atom. The Labute approximate surface area is 296 Å². The Hall–Kier alpha value is -2.08. The van der Waals surface area contributed by atoms with Crippen LogP contribution in [0.2, 0.25) is 0 Å². The molecule has 0 aliphatic carbocycles. The number of ether oxygens (including phenoxy) is 1. The summed E-state index contributed by atoms with van der Waals surface area (Å²) in [6, 6.07) is 16.4. The van der Waals surface area contributed by atoms with Crippen molar-refractivity contribution < 1.29 is 25.4 Å². The summed E-state index contributed by atoms with van der Waals surface area (Å²) in [5.41, 5.74) is 3.11. The summed E-state index contributed by atoms with van der Waals surface area (Å²) in [6.45, 7) is 1.73. The van der Waals surface area contributed by atoms with E-state index >= 15 is 0 Å². The van der Waals surface area contributed by atoms with Crippen LogP contribution in [0.4, 0.5) is 5.69 Å². The van der Waals surface area contributed by atoms with Gasteiger partial charge in [0.15, 0.2) is 6.54 Å². The number of quaternary nitrogens is 1. The molecule has 0 saturated heterocycles. The predicted molar refractivity (Wildman–Crippen MR) is 204 cm³/mol. The molecule has 0 fully saturated rings. The lowest BCUT2D eigenvalue weighted by molar-refractivity contribution is -0.861. The van der Waals surface area contributed by atoms with Crippen molar-refractivity contribution in [1.82, 2.24) is 0 Å². The summed E-state index contributed by atoms with van der Waals surface area (Å²) in [5.74, 6) is -0.00534. The van der Waals surface area contributed by atoms with Crippen LogP contribution in [0.5, 0.6) is 0 Å². The lowest BCUT2D eigenvalue weighted by Crippen LogP contribution is -2.39. The molecule has 0 spiro atoms. The third kappa shape index (κ3) is 23.3. The predicted octanol–water partition coefficient (Wildman–Crippen LogP) is 9.76. The SMILES string of the molecule is [2H]c1cc(NC(=O)CCCCOCc2ccccc2)ccc1CCCCCCCCCCCCCCCCCC[P+]([O-])=C(O)C[N+](C)(C)C. The monoisotopic (exact) mass is 684 g/mol. The molecule has 0 aliphatic rings. The van der Waals surface area contributed by atoms with Crippen molar-refractivity contribution in [3.63, 3.8) is 0 Å². The molecule has 2 aromatic carbocycles. The molecule has 0 heterocycles. The largest absolute Gasteiger partial charge is 0.629 e. The van der Waals surface area contributed by atoms with Gasteiger partial charge in [-0.05, 0) is 61.8 Å². The maximum Gasteiger partial charge on any atom is 0.273 e. The third-order valence-electron chi connectivity index (χ3n) is 8.68. The van der Waals surface area contributed by atoms with E-state index in [4.69, 9.17) is 6.11 Å². The van der Waals surface area contributed by atoms with Crippen LogP contribution >= 0.6 is 7.77 Å². The number of amides is 1. The van der Waals surface area contributed by atoms with Gasteiger partial charge in [0.05, 0.1) is 36.9 Å². The number of unbranched alkanes of at least 4 members (excludes halogenated alkanes) is 16. The molecule has 0 radical (unpaired) electrons.